The van der Waals surface area contributed by atoms with E-state index in [0.29, 0.717) is 19.5 Å². The summed E-state index contributed by atoms with van der Waals surface area (Å²) in [4.78, 5) is 38.9. The number of methoxy groups -OCH3 is 1. The van der Waals surface area contributed by atoms with Gasteiger partial charge in [-0.25, -0.2) is 4.79 Å². The van der Waals surface area contributed by atoms with Crippen molar-refractivity contribution in [1.29, 1.82) is 0 Å². The maximum Gasteiger partial charge on any atom is 0.328 e. The van der Waals surface area contributed by atoms with Crippen molar-refractivity contribution in [3.8, 4) is 0 Å². The number of hydrogen-bond acceptors (Lipinski definition) is 5. The van der Waals surface area contributed by atoms with E-state index in [9.17, 15) is 19.5 Å². The maximum absolute atomic E-state index is 12.6. The molecule has 2 aliphatic rings. The first kappa shape index (κ1) is 15.8. The Morgan fingerprint density at radius 3 is 2.57 bits per heavy atom. The van der Waals surface area contributed by atoms with E-state index in [0.717, 1.165) is 6.42 Å². The largest absolute Gasteiger partial charge is 0.467 e. The molecule has 3 atom stereocenters. The molecule has 0 aliphatic carbocycles. The van der Waals surface area contributed by atoms with Gasteiger partial charge >= 0.3 is 5.97 Å². The molecule has 2 fully saturated rings. The molecular weight excluding hydrogens is 276 g/mol. The average Bonchev–Trinajstić information content (AvgIpc) is 2.87. The van der Waals surface area contributed by atoms with Gasteiger partial charge in [-0.15, -0.1) is 0 Å². The second kappa shape index (κ2) is 6.43. The number of aliphatic hydroxyl groups is 1. The van der Waals surface area contributed by atoms with Crippen LogP contribution in [0.4, 0.5) is 0 Å². The van der Waals surface area contributed by atoms with Gasteiger partial charge in [0.05, 0.1) is 19.1 Å². The lowest BCUT2D eigenvalue weighted by Crippen LogP contribution is -2.49. The van der Waals surface area contributed by atoms with Crippen molar-refractivity contribution < 1.29 is 24.2 Å². The topological polar surface area (TPSA) is 87.2 Å². The first-order valence-electron chi connectivity index (χ1n) is 7.26. The van der Waals surface area contributed by atoms with Crippen LogP contribution in [0.25, 0.3) is 0 Å². The van der Waals surface area contributed by atoms with Crippen molar-refractivity contribution in [3.63, 3.8) is 0 Å². The van der Waals surface area contributed by atoms with Crippen LogP contribution in [0.15, 0.2) is 0 Å². The molecule has 3 unspecified atom stereocenters. The number of β-amino-alcohol motifs (C(OH)–C–C–N with tert-alkyl or cyclic N) is 1. The van der Waals surface area contributed by atoms with Gasteiger partial charge in [-0.1, -0.05) is 0 Å². The van der Waals surface area contributed by atoms with Crippen LogP contribution in [0.2, 0.25) is 0 Å². The number of likely N-dealkylation sites (tertiary alicyclic amines) is 2. The van der Waals surface area contributed by atoms with Crippen LogP contribution >= 0.6 is 0 Å². The second-order valence-electron chi connectivity index (χ2n) is 5.72. The van der Waals surface area contributed by atoms with Crippen molar-refractivity contribution in [3.05, 3.63) is 0 Å². The van der Waals surface area contributed by atoms with Gasteiger partial charge in [-0.3, -0.25) is 9.59 Å². The van der Waals surface area contributed by atoms with Gasteiger partial charge < -0.3 is 19.6 Å². The quantitative estimate of drug-likeness (QED) is 0.687. The molecule has 2 aliphatic heterocycles. The summed E-state index contributed by atoms with van der Waals surface area (Å²) >= 11 is 0. The highest BCUT2D eigenvalue weighted by Crippen LogP contribution is 2.25. The van der Waals surface area contributed by atoms with Crippen molar-refractivity contribution in [1.82, 2.24) is 9.80 Å². The maximum atomic E-state index is 12.6. The van der Waals surface area contributed by atoms with Crippen LogP contribution in [0.5, 0.6) is 0 Å². The predicted molar refractivity (Wildman–Crippen MR) is 73.1 cm³/mol. The predicted octanol–water partition coefficient (Wildman–Crippen LogP) is -0.620. The number of rotatable bonds is 2. The number of esters is 1. The fourth-order valence-electron chi connectivity index (χ4n) is 3.12. The molecule has 0 spiro atoms. The fraction of sp³-hybridized carbons (Fsp3) is 0.786. The number of ether oxygens (including phenoxy) is 1. The molecule has 118 valence electrons. The number of amides is 2. The summed E-state index contributed by atoms with van der Waals surface area (Å²) in [6.07, 6.45) is 0.977. The Morgan fingerprint density at radius 2 is 1.95 bits per heavy atom. The zero-order valence-electron chi connectivity index (χ0n) is 12.4. The standard InChI is InChI=1S/C14H22N2O5/c1-9(17)15-5-3-4-10(7-15)13(19)16-8-11(18)6-12(16)14(20)21-2/h10-12,18H,3-8H2,1-2H3. The molecule has 0 bridgehead atoms. The molecule has 0 saturated carbocycles. The number of carbonyl (C=O) groups excluding carboxylic acids is 3. The summed E-state index contributed by atoms with van der Waals surface area (Å²) in [7, 11) is 1.27. The van der Waals surface area contributed by atoms with Crippen molar-refractivity contribution in [2.75, 3.05) is 26.7 Å². The minimum atomic E-state index is -0.717. The normalized spacial score (nSPS) is 29.4. The highest BCUT2D eigenvalue weighted by molar-refractivity contribution is 5.87. The molecule has 7 nitrogen and oxygen atoms in total. The summed E-state index contributed by atoms with van der Waals surface area (Å²) in [5, 5.41) is 9.74. The molecule has 2 saturated heterocycles. The van der Waals surface area contributed by atoms with Crippen LogP contribution in [-0.4, -0.2) is 71.6 Å². The van der Waals surface area contributed by atoms with Gasteiger partial charge in [-0.05, 0) is 12.8 Å². The molecule has 0 radical (unpaired) electrons. The van der Waals surface area contributed by atoms with Crippen LogP contribution in [-0.2, 0) is 19.1 Å². The molecule has 0 aromatic heterocycles. The Hall–Kier alpha value is -1.63. The fourth-order valence-corrected chi connectivity index (χ4v) is 3.12. The third-order valence-electron chi connectivity index (χ3n) is 4.25. The lowest BCUT2D eigenvalue weighted by Gasteiger charge is -2.34. The number of nitrogens with zero attached hydrogens (tertiary/aromatic N) is 2. The third kappa shape index (κ3) is 3.34. The average molecular weight is 298 g/mol. The summed E-state index contributed by atoms with van der Waals surface area (Å²) in [6.45, 7) is 2.69. The third-order valence-corrected chi connectivity index (χ3v) is 4.25. The summed E-state index contributed by atoms with van der Waals surface area (Å²) < 4.78 is 4.70. The SMILES string of the molecule is COC(=O)C1CC(O)CN1C(=O)C1CCCN(C(C)=O)C1. The van der Waals surface area contributed by atoms with E-state index in [2.05, 4.69) is 0 Å². The Balaban J connectivity index is 2.07. The zero-order valence-corrected chi connectivity index (χ0v) is 12.4. The highest BCUT2D eigenvalue weighted by atomic mass is 16.5. The molecular formula is C14H22N2O5. The molecule has 0 aromatic rings. The number of carbonyl (C=O) groups is 3. The van der Waals surface area contributed by atoms with Gasteiger partial charge in [0.2, 0.25) is 11.8 Å². The van der Waals surface area contributed by atoms with Gasteiger partial charge in [0.15, 0.2) is 0 Å². The van der Waals surface area contributed by atoms with Crippen molar-refractivity contribution >= 4 is 17.8 Å². The van der Waals surface area contributed by atoms with Crippen LogP contribution in [0.3, 0.4) is 0 Å². The highest BCUT2D eigenvalue weighted by Gasteiger charge is 2.42. The van der Waals surface area contributed by atoms with Crippen molar-refractivity contribution in [2.45, 2.75) is 38.3 Å². The lowest BCUT2D eigenvalue weighted by molar-refractivity contribution is -0.153. The number of piperidine rings is 1. The summed E-state index contributed by atoms with van der Waals surface area (Å²) in [6, 6.07) is -0.717. The van der Waals surface area contributed by atoms with E-state index in [4.69, 9.17) is 4.74 Å². The molecule has 2 heterocycles. The molecule has 2 rings (SSSR count). The van der Waals surface area contributed by atoms with Crippen LogP contribution in [0, 0.1) is 5.92 Å². The molecule has 2 amide bonds. The van der Waals surface area contributed by atoms with Crippen molar-refractivity contribution in [2.24, 2.45) is 5.92 Å². The van der Waals surface area contributed by atoms with E-state index in [1.54, 1.807) is 4.90 Å². The Morgan fingerprint density at radius 1 is 1.24 bits per heavy atom. The second-order valence-corrected chi connectivity index (χ2v) is 5.72. The summed E-state index contributed by atoms with van der Waals surface area (Å²) in [5.41, 5.74) is 0. The minimum Gasteiger partial charge on any atom is -0.467 e. The van der Waals surface area contributed by atoms with Gasteiger partial charge in [0.25, 0.3) is 0 Å². The van der Waals surface area contributed by atoms with E-state index in [1.165, 1.54) is 18.9 Å². The van der Waals surface area contributed by atoms with Crippen LogP contribution in [0.1, 0.15) is 26.2 Å². The Bertz CT molecular complexity index is 439. The molecule has 21 heavy (non-hydrogen) atoms. The first-order chi connectivity index (χ1) is 9.93. The molecule has 1 N–H and O–H groups in total. The molecule has 0 aromatic carbocycles. The van der Waals surface area contributed by atoms with E-state index in [-0.39, 0.29) is 30.7 Å². The zero-order chi connectivity index (χ0) is 15.6. The van der Waals surface area contributed by atoms with Gasteiger partial charge in [0.1, 0.15) is 6.04 Å². The van der Waals surface area contributed by atoms with Gasteiger partial charge in [-0.2, -0.15) is 0 Å². The number of hydrogen-bond donors (Lipinski definition) is 1. The first-order valence-corrected chi connectivity index (χ1v) is 7.26. The Labute approximate surface area is 123 Å². The van der Waals surface area contributed by atoms with E-state index in [1.807, 2.05) is 0 Å². The van der Waals surface area contributed by atoms with E-state index >= 15 is 0 Å². The number of aliphatic hydroxyl groups excluding tert-OH is 1. The lowest BCUT2D eigenvalue weighted by atomic mass is 9.96. The molecule has 7 heteroatoms. The summed E-state index contributed by atoms with van der Waals surface area (Å²) in [5.74, 6) is -1.02. The Kier molecular flexibility index (Phi) is 4.82. The monoisotopic (exact) mass is 298 g/mol. The van der Waals surface area contributed by atoms with Gasteiger partial charge in [0, 0.05) is 33.0 Å². The minimum absolute atomic E-state index is 0.0431. The smallest absolute Gasteiger partial charge is 0.328 e. The van der Waals surface area contributed by atoms with E-state index < -0.39 is 18.1 Å². The van der Waals surface area contributed by atoms with Crippen LogP contribution < -0.4 is 0 Å².